The van der Waals surface area contributed by atoms with Crippen LogP contribution in [0.1, 0.15) is 45.4 Å². The number of nitrogens with zero attached hydrogens (tertiary/aromatic N) is 1. The van der Waals surface area contributed by atoms with E-state index in [4.69, 9.17) is 4.98 Å². The second kappa shape index (κ2) is 5.20. The summed E-state index contributed by atoms with van der Waals surface area (Å²) >= 11 is 0. The zero-order valence-corrected chi connectivity index (χ0v) is 12.7. The van der Waals surface area contributed by atoms with E-state index in [1.165, 1.54) is 23.1 Å². The number of benzene rings is 1. The van der Waals surface area contributed by atoms with Crippen LogP contribution in [0.25, 0.3) is 10.9 Å². The molecule has 0 aliphatic heterocycles. The molecule has 0 fully saturated rings. The molecule has 1 aromatic heterocycles. The average molecular weight is 256 g/mol. The predicted molar refractivity (Wildman–Crippen MR) is 84.0 cm³/mol. The predicted octanol–water partition coefficient (Wildman–Crippen LogP) is 4.53. The summed E-state index contributed by atoms with van der Waals surface area (Å²) in [4.78, 5) is 4.82. The van der Waals surface area contributed by atoms with E-state index in [1.807, 2.05) is 7.05 Å². The largest absolute Gasteiger partial charge is 0.388 e. The molecule has 1 N–H and O–H groups in total. The van der Waals surface area contributed by atoms with Crippen molar-refractivity contribution in [3.05, 3.63) is 35.5 Å². The minimum atomic E-state index is 0.0713. The second-order valence-electron chi connectivity index (χ2n) is 6.16. The lowest BCUT2D eigenvalue weighted by molar-refractivity contribution is 0.572. The first kappa shape index (κ1) is 13.9. The van der Waals surface area contributed by atoms with Gasteiger partial charge in [-0.05, 0) is 30.2 Å². The summed E-state index contributed by atoms with van der Waals surface area (Å²) in [5.41, 5.74) is 4.84. The van der Waals surface area contributed by atoms with E-state index in [0.717, 1.165) is 17.6 Å². The summed E-state index contributed by atoms with van der Waals surface area (Å²) in [6.45, 7) is 8.81. The van der Waals surface area contributed by atoms with Crippen LogP contribution in [0.2, 0.25) is 0 Å². The third-order valence-electron chi connectivity index (χ3n) is 3.45. The smallest absolute Gasteiger partial charge is 0.0726 e. The molecule has 0 aliphatic carbocycles. The number of aryl methyl sites for hydroxylation is 1. The van der Waals surface area contributed by atoms with Crippen LogP contribution in [0, 0.1) is 0 Å². The number of pyridine rings is 1. The van der Waals surface area contributed by atoms with Crippen LogP contribution in [0.4, 0.5) is 5.69 Å². The van der Waals surface area contributed by atoms with Crippen LogP contribution in [0.15, 0.2) is 24.3 Å². The van der Waals surface area contributed by atoms with E-state index < -0.39 is 0 Å². The highest BCUT2D eigenvalue weighted by Crippen LogP contribution is 2.29. The van der Waals surface area contributed by atoms with Crippen molar-refractivity contribution in [1.82, 2.24) is 4.98 Å². The van der Waals surface area contributed by atoms with E-state index in [2.05, 4.69) is 57.3 Å². The fourth-order valence-corrected chi connectivity index (χ4v) is 2.31. The lowest BCUT2D eigenvalue weighted by atomic mass is 9.90. The van der Waals surface area contributed by atoms with Gasteiger partial charge in [0, 0.05) is 29.2 Å². The van der Waals surface area contributed by atoms with Crippen molar-refractivity contribution >= 4 is 16.6 Å². The van der Waals surface area contributed by atoms with E-state index in [-0.39, 0.29) is 5.41 Å². The van der Waals surface area contributed by atoms with Gasteiger partial charge < -0.3 is 5.32 Å². The molecule has 0 radical (unpaired) electrons. The number of aromatic nitrogens is 1. The first-order valence-electron chi connectivity index (χ1n) is 7.07. The maximum Gasteiger partial charge on any atom is 0.0726 e. The Morgan fingerprint density at radius 2 is 1.89 bits per heavy atom. The quantitative estimate of drug-likeness (QED) is 0.873. The number of nitrogens with one attached hydrogen (secondary N) is 1. The van der Waals surface area contributed by atoms with Gasteiger partial charge in [0.15, 0.2) is 0 Å². The second-order valence-corrected chi connectivity index (χ2v) is 6.16. The summed E-state index contributed by atoms with van der Waals surface area (Å²) in [7, 11) is 1.98. The van der Waals surface area contributed by atoms with Crippen molar-refractivity contribution in [2.45, 2.75) is 46.0 Å². The molecule has 0 amide bonds. The van der Waals surface area contributed by atoms with Gasteiger partial charge in [-0.1, -0.05) is 40.2 Å². The molecular formula is C17H24N2. The highest BCUT2D eigenvalue weighted by atomic mass is 14.8. The van der Waals surface area contributed by atoms with Crippen molar-refractivity contribution in [3.8, 4) is 0 Å². The first-order chi connectivity index (χ1) is 8.95. The van der Waals surface area contributed by atoms with Crippen LogP contribution < -0.4 is 5.32 Å². The molecule has 1 aromatic carbocycles. The minimum absolute atomic E-state index is 0.0713. The van der Waals surface area contributed by atoms with Gasteiger partial charge in [0.05, 0.1) is 5.52 Å². The lowest BCUT2D eigenvalue weighted by Crippen LogP contribution is -2.14. The third-order valence-corrected chi connectivity index (χ3v) is 3.45. The maximum atomic E-state index is 4.82. The van der Waals surface area contributed by atoms with Gasteiger partial charge in [-0.2, -0.15) is 0 Å². The van der Waals surface area contributed by atoms with E-state index in [9.17, 15) is 0 Å². The Hall–Kier alpha value is -1.57. The molecule has 2 rings (SSSR count). The number of hydrogen-bond donors (Lipinski definition) is 1. The zero-order chi connectivity index (χ0) is 14.0. The fraction of sp³-hybridized carbons (Fsp3) is 0.471. The molecule has 0 atom stereocenters. The maximum absolute atomic E-state index is 4.82. The average Bonchev–Trinajstić information content (AvgIpc) is 2.36. The summed E-state index contributed by atoms with van der Waals surface area (Å²) < 4.78 is 0. The highest BCUT2D eigenvalue weighted by Gasteiger charge is 2.17. The molecule has 0 bridgehead atoms. The molecule has 0 spiro atoms. The van der Waals surface area contributed by atoms with Gasteiger partial charge in [0.1, 0.15) is 0 Å². The molecule has 1 heterocycles. The Balaban J connectivity index is 2.63. The number of rotatable bonds is 3. The van der Waals surface area contributed by atoms with Crippen molar-refractivity contribution < 1.29 is 0 Å². The number of hydrogen-bond acceptors (Lipinski definition) is 2. The van der Waals surface area contributed by atoms with E-state index >= 15 is 0 Å². The Labute approximate surface area is 116 Å². The van der Waals surface area contributed by atoms with Crippen LogP contribution in [-0.2, 0) is 11.8 Å². The van der Waals surface area contributed by atoms with Gasteiger partial charge in [-0.3, -0.25) is 4.98 Å². The van der Waals surface area contributed by atoms with Gasteiger partial charge in [0.2, 0.25) is 0 Å². The summed E-state index contributed by atoms with van der Waals surface area (Å²) in [5, 5.41) is 4.54. The molecule has 19 heavy (non-hydrogen) atoms. The Kier molecular flexibility index (Phi) is 3.79. The zero-order valence-electron chi connectivity index (χ0n) is 12.7. The van der Waals surface area contributed by atoms with Gasteiger partial charge in [-0.15, -0.1) is 0 Å². The monoisotopic (exact) mass is 256 g/mol. The normalized spacial score (nSPS) is 11.8. The Bertz CT molecular complexity index is 580. The van der Waals surface area contributed by atoms with Crippen LogP contribution in [0.3, 0.4) is 0 Å². The third kappa shape index (κ3) is 2.89. The molecule has 0 unspecified atom stereocenters. The summed E-state index contributed by atoms with van der Waals surface area (Å²) in [6, 6.07) is 8.79. The molecule has 0 saturated carbocycles. The minimum Gasteiger partial charge on any atom is -0.388 e. The SMILES string of the molecule is CCCc1ccc2nc(C(C)(C)C)cc(NC)c2c1. The standard InChI is InChI=1S/C17H24N2/c1-6-7-12-8-9-14-13(10-12)15(18-5)11-16(19-14)17(2,3)4/h8-11H,6-7H2,1-5H3,(H,18,19). The molecule has 0 aliphatic rings. The van der Waals surface area contributed by atoms with Crippen LogP contribution >= 0.6 is 0 Å². The summed E-state index contributed by atoms with van der Waals surface area (Å²) in [5.74, 6) is 0. The van der Waals surface area contributed by atoms with E-state index in [1.54, 1.807) is 0 Å². The molecule has 2 nitrogen and oxygen atoms in total. The van der Waals surface area contributed by atoms with Crippen molar-refractivity contribution in [2.24, 2.45) is 0 Å². The number of anilines is 1. The van der Waals surface area contributed by atoms with Gasteiger partial charge >= 0.3 is 0 Å². The molecular weight excluding hydrogens is 232 g/mol. The van der Waals surface area contributed by atoms with E-state index in [0.29, 0.717) is 0 Å². The van der Waals surface area contributed by atoms with Gasteiger partial charge in [-0.25, -0.2) is 0 Å². The first-order valence-corrected chi connectivity index (χ1v) is 7.07. The van der Waals surface area contributed by atoms with Gasteiger partial charge in [0.25, 0.3) is 0 Å². The lowest BCUT2D eigenvalue weighted by Gasteiger charge is -2.20. The molecule has 102 valence electrons. The topological polar surface area (TPSA) is 24.9 Å². The molecule has 2 aromatic rings. The Morgan fingerprint density at radius 1 is 1.16 bits per heavy atom. The fourth-order valence-electron chi connectivity index (χ4n) is 2.31. The summed E-state index contributed by atoms with van der Waals surface area (Å²) in [6.07, 6.45) is 2.30. The van der Waals surface area contributed by atoms with Crippen LogP contribution in [0.5, 0.6) is 0 Å². The van der Waals surface area contributed by atoms with Crippen molar-refractivity contribution in [3.63, 3.8) is 0 Å². The number of fused-ring (bicyclic) bond motifs is 1. The Morgan fingerprint density at radius 3 is 2.47 bits per heavy atom. The molecule has 0 saturated heterocycles. The van der Waals surface area contributed by atoms with Crippen molar-refractivity contribution in [1.29, 1.82) is 0 Å². The molecule has 2 heteroatoms. The van der Waals surface area contributed by atoms with Crippen LogP contribution in [-0.4, -0.2) is 12.0 Å². The van der Waals surface area contributed by atoms with Crippen molar-refractivity contribution in [2.75, 3.05) is 12.4 Å². The highest BCUT2D eigenvalue weighted by molar-refractivity contribution is 5.92.